The molecule has 8 heteroatoms. The number of ether oxygens (including phenoxy) is 2. The van der Waals surface area contributed by atoms with Crippen LogP contribution in [0.3, 0.4) is 0 Å². The highest BCUT2D eigenvalue weighted by Crippen LogP contribution is 2.62. The number of benzene rings is 6. The standard InChI is InChI=1S/C49H26N6O2/c50-27-29-13-17-39-33(23-29)34-24-30(28-51)14-18-40(34)54(39)31-15-19-43-37(25-31)49(35-7-5-21-52-47(35)48-36(49)8-6-22-53-48)38-26-32(16-20-44(38)56-43)55-41-9-1-3-11-45(41)57-46-12-4-2-10-42(46)55/h1-26H. The van der Waals surface area contributed by atoms with Crippen LogP contribution in [-0.4, -0.2) is 14.5 Å². The maximum Gasteiger partial charge on any atom is 0.151 e. The minimum Gasteiger partial charge on any atom is -0.457 e. The van der Waals surface area contributed by atoms with E-state index >= 15 is 0 Å². The van der Waals surface area contributed by atoms with E-state index in [-0.39, 0.29) is 0 Å². The van der Waals surface area contributed by atoms with Crippen molar-refractivity contribution in [3.63, 3.8) is 0 Å². The zero-order chi connectivity index (χ0) is 37.8. The fourth-order valence-corrected chi connectivity index (χ4v) is 9.28. The summed E-state index contributed by atoms with van der Waals surface area (Å²) in [5, 5.41) is 21.5. The van der Waals surface area contributed by atoms with Gasteiger partial charge >= 0.3 is 0 Å². The van der Waals surface area contributed by atoms with Gasteiger partial charge in [0.05, 0.1) is 62.5 Å². The first-order valence-electron chi connectivity index (χ1n) is 18.6. The molecule has 0 radical (unpaired) electrons. The molecular weight excluding hydrogens is 705 g/mol. The third-order valence-electron chi connectivity index (χ3n) is 11.6. The van der Waals surface area contributed by atoms with Gasteiger partial charge in [0.2, 0.25) is 0 Å². The predicted octanol–water partition coefficient (Wildman–Crippen LogP) is 11.4. The van der Waals surface area contributed by atoms with Crippen LogP contribution in [0.15, 0.2) is 158 Å². The minimum absolute atomic E-state index is 0.554. The van der Waals surface area contributed by atoms with Gasteiger partial charge in [0.1, 0.15) is 11.5 Å². The lowest BCUT2D eigenvalue weighted by Crippen LogP contribution is -2.32. The molecular formula is C49H26N6O2. The molecule has 0 saturated carbocycles. The molecule has 2 aliphatic heterocycles. The van der Waals surface area contributed by atoms with E-state index in [4.69, 9.17) is 19.4 Å². The summed E-state index contributed by atoms with van der Waals surface area (Å²) in [6, 6.07) is 53.3. The van der Waals surface area contributed by atoms with Crippen LogP contribution in [0.2, 0.25) is 0 Å². The number of rotatable bonds is 2. The fourth-order valence-electron chi connectivity index (χ4n) is 9.28. The second-order valence-electron chi connectivity index (χ2n) is 14.4. The molecule has 0 amide bonds. The highest BCUT2D eigenvalue weighted by atomic mass is 16.5. The Morgan fingerprint density at radius 3 is 1.54 bits per heavy atom. The third kappa shape index (κ3) is 4.13. The van der Waals surface area contributed by atoms with Crippen LogP contribution in [0, 0.1) is 22.7 Å². The van der Waals surface area contributed by atoms with Crippen molar-refractivity contribution in [2.24, 2.45) is 0 Å². The molecule has 1 aliphatic carbocycles. The largest absolute Gasteiger partial charge is 0.457 e. The molecule has 3 aromatic heterocycles. The summed E-state index contributed by atoms with van der Waals surface area (Å²) in [5.41, 5.74) is 11.4. The number of nitrogens with zero attached hydrogens (tertiary/aromatic N) is 6. The maximum atomic E-state index is 9.84. The molecule has 3 aliphatic rings. The van der Waals surface area contributed by atoms with Gasteiger partial charge in [-0.3, -0.25) is 9.97 Å². The molecule has 0 fully saturated rings. The number of hydrogen-bond donors (Lipinski definition) is 0. The summed E-state index contributed by atoms with van der Waals surface area (Å²) < 4.78 is 15.5. The summed E-state index contributed by atoms with van der Waals surface area (Å²) in [6.07, 6.45) is 3.66. The van der Waals surface area contributed by atoms with Gasteiger partial charge in [-0.15, -0.1) is 0 Å². The molecule has 9 aromatic rings. The van der Waals surface area contributed by atoms with Crippen LogP contribution in [0.1, 0.15) is 33.4 Å². The average Bonchev–Trinajstić information content (AvgIpc) is 3.75. The number of nitriles is 2. The average molecular weight is 731 g/mol. The number of pyridine rings is 2. The molecule has 5 heterocycles. The van der Waals surface area contributed by atoms with E-state index in [1.54, 1.807) is 0 Å². The zero-order valence-electron chi connectivity index (χ0n) is 30.0. The number of fused-ring (bicyclic) bond motifs is 14. The first kappa shape index (κ1) is 31.2. The summed E-state index contributed by atoms with van der Waals surface area (Å²) in [7, 11) is 0. The molecule has 57 heavy (non-hydrogen) atoms. The van der Waals surface area contributed by atoms with Crippen molar-refractivity contribution in [1.29, 1.82) is 10.5 Å². The van der Waals surface area contributed by atoms with E-state index in [1.807, 2.05) is 103 Å². The highest BCUT2D eigenvalue weighted by Gasteiger charge is 2.53. The van der Waals surface area contributed by atoms with E-state index in [0.717, 1.165) is 101 Å². The fraction of sp³-hybridized carbons (Fsp3) is 0.0204. The molecule has 6 aromatic carbocycles. The van der Waals surface area contributed by atoms with Gasteiger partial charge in [0.25, 0.3) is 0 Å². The SMILES string of the molecule is N#Cc1ccc2c(c1)c1cc(C#N)ccc1n2-c1ccc2c(c1)C1(c3cc(N4c5ccccc5Oc5ccccc54)ccc3O2)c2cccnc2-c2ncccc21. The first-order chi connectivity index (χ1) is 28.1. The Kier molecular flexibility index (Phi) is 6.24. The van der Waals surface area contributed by atoms with Crippen LogP contribution in [0.5, 0.6) is 23.0 Å². The van der Waals surface area contributed by atoms with Crippen LogP contribution in [-0.2, 0) is 5.41 Å². The van der Waals surface area contributed by atoms with Crippen LogP contribution < -0.4 is 14.4 Å². The Morgan fingerprint density at radius 2 is 0.982 bits per heavy atom. The van der Waals surface area contributed by atoms with Gasteiger partial charge < -0.3 is 18.9 Å². The normalized spacial score (nSPS) is 13.6. The van der Waals surface area contributed by atoms with Crippen LogP contribution in [0.4, 0.5) is 17.1 Å². The topological polar surface area (TPSA) is 100.0 Å². The number of aromatic nitrogens is 3. The van der Waals surface area contributed by atoms with Gasteiger partial charge in [-0.1, -0.05) is 36.4 Å². The second kappa shape index (κ2) is 11.4. The van der Waals surface area contributed by atoms with E-state index in [1.165, 1.54) is 0 Å². The summed E-state index contributed by atoms with van der Waals surface area (Å²) >= 11 is 0. The van der Waals surface area contributed by atoms with Crippen molar-refractivity contribution in [2.45, 2.75) is 5.41 Å². The molecule has 264 valence electrons. The molecule has 12 rings (SSSR count). The summed E-state index contributed by atoms with van der Waals surface area (Å²) in [4.78, 5) is 12.2. The predicted molar refractivity (Wildman–Crippen MR) is 218 cm³/mol. The van der Waals surface area contributed by atoms with Crippen LogP contribution >= 0.6 is 0 Å². The molecule has 8 nitrogen and oxygen atoms in total. The Bertz CT molecular complexity index is 3150. The molecule has 0 unspecified atom stereocenters. The number of hydrogen-bond acceptors (Lipinski definition) is 7. The van der Waals surface area contributed by atoms with Crippen LogP contribution in [0.25, 0.3) is 38.9 Å². The number of para-hydroxylation sites is 4. The third-order valence-corrected chi connectivity index (χ3v) is 11.6. The van der Waals surface area contributed by atoms with Gasteiger partial charge in [0.15, 0.2) is 11.5 Å². The van der Waals surface area contributed by atoms with Gasteiger partial charge in [-0.2, -0.15) is 10.5 Å². The van der Waals surface area contributed by atoms with E-state index in [2.05, 4.69) is 76.2 Å². The molecule has 0 bridgehead atoms. The minimum atomic E-state index is -0.867. The monoisotopic (exact) mass is 730 g/mol. The second-order valence-corrected chi connectivity index (χ2v) is 14.4. The van der Waals surface area contributed by atoms with E-state index < -0.39 is 5.41 Å². The summed E-state index contributed by atoms with van der Waals surface area (Å²) in [5.74, 6) is 3.02. The molecule has 1 spiro atoms. The van der Waals surface area contributed by atoms with Gasteiger partial charge in [-0.25, -0.2) is 0 Å². The lowest BCUT2D eigenvalue weighted by atomic mass is 9.66. The van der Waals surface area contributed by atoms with Gasteiger partial charge in [-0.05, 0) is 120 Å². The van der Waals surface area contributed by atoms with Gasteiger partial charge in [0, 0.05) is 45.7 Å². The van der Waals surface area contributed by atoms with Crippen molar-refractivity contribution in [3.05, 3.63) is 191 Å². The van der Waals surface area contributed by atoms with Crippen molar-refractivity contribution in [3.8, 4) is 52.2 Å². The Balaban J connectivity index is 1.16. The maximum absolute atomic E-state index is 9.84. The van der Waals surface area contributed by atoms with Crippen molar-refractivity contribution in [2.75, 3.05) is 4.90 Å². The van der Waals surface area contributed by atoms with Crippen molar-refractivity contribution in [1.82, 2.24) is 14.5 Å². The first-order valence-corrected chi connectivity index (χ1v) is 18.6. The Hall–Kier alpha value is -8.20. The number of anilines is 3. The quantitative estimate of drug-likeness (QED) is 0.174. The Labute approximate surface area is 326 Å². The molecule has 0 saturated heterocycles. The molecule has 0 N–H and O–H groups in total. The molecule has 0 atom stereocenters. The lowest BCUT2D eigenvalue weighted by molar-refractivity contribution is 0.436. The van der Waals surface area contributed by atoms with E-state index in [0.29, 0.717) is 11.1 Å². The lowest BCUT2D eigenvalue weighted by Gasteiger charge is -2.40. The van der Waals surface area contributed by atoms with Crippen molar-refractivity contribution < 1.29 is 9.47 Å². The zero-order valence-corrected chi connectivity index (χ0v) is 30.0. The Morgan fingerprint density at radius 1 is 0.474 bits per heavy atom. The summed E-state index contributed by atoms with van der Waals surface area (Å²) in [6.45, 7) is 0. The highest BCUT2D eigenvalue weighted by molar-refractivity contribution is 6.10. The van der Waals surface area contributed by atoms with E-state index in [9.17, 15) is 10.5 Å². The van der Waals surface area contributed by atoms with Crippen molar-refractivity contribution >= 4 is 38.9 Å². The smallest absolute Gasteiger partial charge is 0.151 e.